The molecule has 1 atom stereocenters. The first-order valence-electron chi connectivity index (χ1n) is 7.78. The lowest BCUT2D eigenvalue weighted by molar-refractivity contribution is -0.384. The predicted octanol–water partition coefficient (Wildman–Crippen LogP) is 3.31. The minimum Gasteiger partial charge on any atom is -0.338 e. The number of benzene rings is 1. The fourth-order valence-electron chi connectivity index (χ4n) is 2.91. The number of nitro benzene ring substituents is 1. The van der Waals surface area contributed by atoms with Gasteiger partial charge in [-0.25, -0.2) is 8.42 Å². The fourth-order valence-corrected chi connectivity index (χ4v) is 6.10. The predicted molar refractivity (Wildman–Crippen MR) is 99.5 cm³/mol. The van der Waals surface area contributed by atoms with Gasteiger partial charge in [0.2, 0.25) is 0 Å². The summed E-state index contributed by atoms with van der Waals surface area (Å²) in [6.07, 6.45) is 0.296. The first kappa shape index (κ1) is 18.8. The quantitative estimate of drug-likeness (QED) is 0.566. The molecule has 3 rings (SSSR count). The molecular formula is C16H15ClN2O5S2. The number of thiophene rings is 1. The summed E-state index contributed by atoms with van der Waals surface area (Å²) in [7, 11) is -3.37. The van der Waals surface area contributed by atoms with E-state index in [0.29, 0.717) is 6.42 Å². The minimum atomic E-state index is -3.37. The molecule has 1 unspecified atom stereocenters. The van der Waals surface area contributed by atoms with Crippen molar-refractivity contribution in [3.05, 3.63) is 61.3 Å². The van der Waals surface area contributed by atoms with Gasteiger partial charge in [0.1, 0.15) is 5.02 Å². The number of amides is 1. The molecular weight excluding hydrogens is 400 g/mol. The van der Waals surface area contributed by atoms with Crippen LogP contribution in [0.25, 0.3) is 0 Å². The highest BCUT2D eigenvalue weighted by atomic mass is 35.5. The van der Waals surface area contributed by atoms with Gasteiger partial charge in [-0.1, -0.05) is 17.7 Å². The van der Waals surface area contributed by atoms with Gasteiger partial charge in [0.25, 0.3) is 11.6 Å². The van der Waals surface area contributed by atoms with Crippen LogP contribution in [-0.4, -0.2) is 43.0 Å². The Balaban J connectivity index is 1.84. The average Bonchev–Trinajstić information content (AvgIpc) is 3.06. The van der Waals surface area contributed by atoms with Gasteiger partial charge >= 0.3 is 0 Å². The second-order valence-corrected chi connectivity index (χ2v) is 9.56. The SMILES string of the molecule is O=C(c1ccc(Cl)c([N+](=O)[O-])c1)N1CCC(c2cccs2)S(=O)(=O)CC1. The molecule has 0 saturated carbocycles. The number of nitrogens with zero attached hydrogens (tertiary/aromatic N) is 2. The number of carbonyl (C=O) groups excluding carboxylic acids is 1. The van der Waals surface area contributed by atoms with Crippen LogP contribution in [-0.2, 0) is 9.84 Å². The molecule has 138 valence electrons. The number of sulfone groups is 1. The van der Waals surface area contributed by atoms with Crippen molar-refractivity contribution in [3.8, 4) is 0 Å². The number of carbonyl (C=O) groups is 1. The summed E-state index contributed by atoms with van der Waals surface area (Å²) >= 11 is 7.16. The van der Waals surface area contributed by atoms with Crippen molar-refractivity contribution in [2.75, 3.05) is 18.8 Å². The number of hydrogen-bond donors (Lipinski definition) is 0. The van der Waals surface area contributed by atoms with Crippen molar-refractivity contribution in [1.29, 1.82) is 0 Å². The number of hydrogen-bond acceptors (Lipinski definition) is 6. The first-order chi connectivity index (χ1) is 12.3. The van der Waals surface area contributed by atoms with E-state index < -0.39 is 25.9 Å². The molecule has 1 fully saturated rings. The molecule has 26 heavy (non-hydrogen) atoms. The monoisotopic (exact) mass is 414 g/mol. The standard InChI is InChI=1S/C16H15ClN2O5S2/c17-12-4-3-11(10-13(12)19(21)22)16(20)18-6-5-15(14-2-1-8-25-14)26(23,24)9-7-18/h1-4,8,10,15H,5-7,9H2. The summed E-state index contributed by atoms with van der Waals surface area (Å²) in [5, 5.41) is 12.2. The van der Waals surface area contributed by atoms with E-state index in [4.69, 9.17) is 11.6 Å². The molecule has 1 aromatic heterocycles. The van der Waals surface area contributed by atoms with E-state index in [1.165, 1.54) is 28.4 Å². The molecule has 10 heteroatoms. The van der Waals surface area contributed by atoms with Gasteiger partial charge in [-0.2, -0.15) is 0 Å². The molecule has 1 aromatic carbocycles. The summed E-state index contributed by atoms with van der Waals surface area (Å²) in [6.45, 7) is 0.316. The number of rotatable bonds is 3. The van der Waals surface area contributed by atoms with Crippen molar-refractivity contribution in [2.45, 2.75) is 11.7 Å². The Bertz CT molecular complexity index is 944. The van der Waals surface area contributed by atoms with E-state index in [1.54, 1.807) is 12.1 Å². The zero-order chi connectivity index (χ0) is 18.9. The fraction of sp³-hybridized carbons (Fsp3) is 0.312. The summed E-state index contributed by atoms with van der Waals surface area (Å²) in [4.78, 5) is 25.3. The van der Waals surface area contributed by atoms with Crippen LogP contribution in [0.3, 0.4) is 0 Å². The van der Waals surface area contributed by atoms with Gasteiger partial charge in [0.15, 0.2) is 9.84 Å². The Labute approximate surface area is 159 Å². The maximum absolute atomic E-state index is 12.7. The van der Waals surface area contributed by atoms with Crippen LogP contribution in [0.4, 0.5) is 5.69 Å². The van der Waals surface area contributed by atoms with Gasteiger partial charge in [0.05, 0.1) is 15.9 Å². The smallest absolute Gasteiger partial charge is 0.288 e. The van der Waals surface area contributed by atoms with Gasteiger partial charge in [-0.15, -0.1) is 11.3 Å². The summed E-state index contributed by atoms with van der Waals surface area (Å²) < 4.78 is 25.1. The van der Waals surface area contributed by atoms with Crippen molar-refractivity contribution in [2.24, 2.45) is 0 Å². The Kier molecular flexibility index (Phi) is 5.31. The summed E-state index contributed by atoms with van der Waals surface area (Å²) in [5.74, 6) is -0.580. The maximum Gasteiger partial charge on any atom is 0.288 e. The van der Waals surface area contributed by atoms with Crippen molar-refractivity contribution in [1.82, 2.24) is 4.90 Å². The molecule has 0 N–H and O–H groups in total. The summed E-state index contributed by atoms with van der Waals surface area (Å²) in [6, 6.07) is 7.42. The minimum absolute atomic E-state index is 0.0530. The van der Waals surface area contributed by atoms with E-state index >= 15 is 0 Å². The molecule has 0 aliphatic carbocycles. The number of halogens is 1. The Morgan fingerprint density at radius 1 is 1.31 bits per heavy atom. The molecule has 0 spiro atoms. The third kappa shape index (κ3) is 3.74. The Morgan fingerprint density at radius 2 is 2.08 bits per heavy atom. The molecule has 0 radical (unpaired) electrons. The summed E-state index contributed by atoms with van der Waals surface area (Å²) in [5.41, 5.74) is -0.232. The third-order valence-corrected chi connectivity index (χ3v) is 7.84. The molecule has 7 nitrogen and oxygen atoms in total. The maximum atomic E-state index is 12.7. The van der Waals surface area contributed by atoms with Crippen LogP contribution in [0.15, 0.2) is 35.7 Å². The zero-order valence-corrected chi connectivity index (χ0v) is 15.9. The Hall–Kier alpha value is -1.97. The molecule has 2 aromatic rings. The highest BCUT2D eigenvalue weighted by Gasteiger charge is 2.33. The van der Waals surface area contributed by atoms with E-state index in [0.717, 1.165) is 10.9 Å². The van der Waals surface area contributed by atoms with E-state index in [9.17, 15) is 23.3 Å². The van der Waals surface area contributed by atoms with Gasteiger partial charge in [-0.3, -0.25) is 14.9 Å². The normalized spacial score (nSPS) is 19.7. The van der Waals surface area contributed by atoms with Crippen molar-refractivity contribution < 1.29 is 18.1 Å². The highest BCUT2D eigenvalue weighted by Crippen LogP contribution is 2.33. The lowest BCUT2D eigenvalue weighted by Gasteiger charge is -2.20. The molecule has 1 saturated heterocycles. The molecule has 1 aliphatic heterocycles. The van der Waals surface area contributed by atoms with Crippen molar-refractivity contribution in [3.63, 3.8) is 0 Å². The largest absolute Gasteiger partial charge is 0.338 e. The van der Waals surface area contributed by atoms with E-state index in [1.807, 2.05) is 5.38 Å². The zero-order valence-electron chi connectivity index (χ0n) is 13.5. The second kappa shape index (κ2) is 7.34. The van der Waals surface area contributed by atoms with Crippen LogP contribution < -0.4 is 0 Å². The van der Waals surface area contributed by atoms with Crippen LogP contribution >= 0.6 is 22.9 Å². The van der Waals surface area contributed by atoms with Gasteiger partial charge < -0.3 is 4.90 Å². The first-order valence-corrected chi connectivity index (χ1v) is 10.7. The lowest BCUT2D eigenvalue weighted by Crippen LogP contribution is -2.33. The topological polar surface area (TPSA) is 97.6 Å². The third-order valence-electron chi connectivity index (χ3n) is 4.28. The number of nitro groups is 1. The molecule has 2 heterocycles. The molecule has 1 amide bonds. The van der Waals surface area contributed by atoms with Crippen LogP contribution in [0.5, 0.6) is 0 Å². The highest BCUT2D eigenvalue weighted by molar-refractivity contribution is 7.91. The Morgan fingerprint density at radius 3 is 2.73 bits per heavy atom. The van der Waals surface area contributed by atoms with Gasteiger partial charge in [-0.05, 0) is 30.0 Å². The molecule has 0 bridgehead atoms. The lowest BCUT2D eigenvalue weighted by atomic mass is 10.1. The van der Waals surface area contributed by atoms with Crippen molar-refractivity contribution >= 4 is 44.4 Å². The van der Waals surface area contributed by atoms with Crippen LogP contribution in [0.1, 0.15) is 26.9 Å². The second-order valence-electron chi connectivity index (χ2n) is 5.88. The average molecular weight is 415 g/mol. The van der Waals surface area contributed by atoms with Crippen LogP contribution in [0, 0.1) is 10.1 Å². The van der Waals surface area contributed by atoms with Gasteiger partial charge in [0, 0.05) is 29.6 Å². The van der Waals surface area contributed by atoms with E-state index in [2.05, 4.69) is 0 Å². The van der Waals surface area contributed by atoms with E-state index in [-0.39, 0.29) is 35.1 Å². The van der Waals surface area contributed by atoms with Crippen LogP contribution in [0.2, 0.25) is 5.02 Å². The molecule has 1 aliphatic rings.